The number of hydrogen-bond donors (Lipinski definition) is 2. The van der Waals surface area contributed by atoms with Gasteiger partial charge in [-0.3, -0.25) is 4.79 Å². The molecule has 1 aliphatic rings. The van der Waals surface area contributed by atoms with Crippen LogP contribution in [0.25, 0.3) is 0 Å². The SMILES string of the molecule is CCC1OCCC1CNc1nc(CC(=O)O)cs1. The molecule has 0 radical (unpaired) electrons. The zero-order valence-corrected chi connectivity index (χ0v) is 11.2. The number of anilines is 1. The molecule has 2 heterocycles. The lowest BCUT2D eigenvalue weighted by Gasteiger charge is -2.16. The second-order valence-corrected chi connectivity index (χ2v) is 5.32. The van der Waals surface area contributed by atoms with E-state index in [1.165, 1.54) is 11.3 Å². The molecule has 0 amide bonds. The number of hydrogen-bond acceptors (Lipinski definition) is 5. The maximum atomic E-state index is 10.6. The third-order valence-corrected chi connectivity index (χ3v) is 4.00. The third-order valence-electron chi connectivity index (χ3n) is 3.15. The molecule has 2 unspecified atom stereocenters. The minimum Gasteiger partial charge on any atom is -0.481 e. The summed E-state index contributed by atoms with van der Waals surface area (Å²) in [6, 6.07) is 0. The van der Waals surface area contributed by atoms with Crippen LogP contribution in [0, 0.1) is 5.92 Å². The topological polar surface area (TPSA) is 71.5 Å². The Bertz CT molecular complexity index is 408. The highest BCUT2D eigenvalue weighted by atomic mass is 32.1. The average Bonchev–Trinajstić information content (AvgIpc) is 2.93. The Kier molecular flexibility index (Phi) is 4.54. The van der Waals surface area contributed by atoms with E-state index in [0.717, 1.165) is 31.1 Å². The molecule has 1 aromatic rings. The normalized spacial score (nSPS) is 23.2. The predicted octanol–water partition coefficient (Wildman–Crippen LogP) is 2.00. The van der Waals surface area contributed by atoms with E-state index in [1.807, 2.05) is 0 Å². The van der Waals surface area contributed by atoms with Crippen molar-refractivity contribution in [1.29, 1.82) is 0 Å². The fraction of sp³-hybridized carbons (Fsp3) is 0.667. The maximum Gasteiger partial charge on any atom is 0.309 e. The van der Waals surface area contributed by atoms with E-state index in [-0.39, 0.29) is 6.42 Å². The molecule has 2 N–H and O–H groups in total. The second kappa shape index (κ2) is 6.15. The highest BCUT2D eigenvalue weighted by Gasteiger charge is 2.26. The summed E-state index contributed by atoms with van der Waals surface area (Å²) in [6.07, 6.45) is 2.45. The molecule has 1 saturated heterocycles. The van der Waals surface area contributed by atoms with Gasteiger partial charge in [0.05, 0.1) is 18.2 Å². The fourth-order valence-electron chi connectivity index (χ4n) is 2.22. The largest absolute Gasteiger partial charge is 0.481 e. The van der Waals surface area contributed by atoms with Gasteiger partial charge in [-0.15, -0.1) is 11.3 Å². The minimum absolute atomic E-state index is 0.0116. The number of nitrogens with zero attached hydrogens (tertiary/aromatic N) is 1. The van der Waals surface area contributed by atoms with Gasteiger partial charge in [0.25, 0.3) is 0 Å². The lowest BCUT2D eigenvalue weighted by atomic mass is 10.00. The number of carboxylic acid groups (broad SMARTS) is 1. The van der Waals surface area contributed by atoms with Crippen molar-refractivity contribution in [3.63, 3.8) is 0 Å². The molecule has 5 nitrogen and oxygen atoms in total. The van der Waals surface area contributed by atoms with E-state index < -0.39 is 5.97 Å². The fourth-order valence-corrected chi connectivity index (χ4v) is 2.94. The highest BCUT2D eigenvalue weighted by Crippen LogP contribution is 2.24. The Hall–Kier alpha value is -1.14. The van der Waals surface area contributed by atoms with Gasteiger partial charge in [-0.25, -0.2) is 4.98 Å². The number of rotatable bonds is 6. The van der Waals surface area contributed by atoms with Crippen molar-refractivity contribution < 1.29 is 14.6 Å². The molecule has 0 bridgehead atoms. The van der Waals surface area contributed by atoms with E-state index in [1.54, 1.807) is 5.38 Å². The van der Waals surface area contributed by atoms with Crippen molar-refractivity contribution >= 4 is 22.4 Å². The van der Waals surface area contributed by atoms with E-state index in [0.29, 0.717) is 17.7 Å². The summed E-state index contributed by atoms with van der Waals surface area (Å²) < 4.78 is 5.63. The molecule has 0 spiro atoms. The average molecular weight is 270 g/mol. The monoisotopic (exact) mass is 270 g/mol. The summed E-state index contributed by atoms with van der Waals surface area (Å²) in [5.41, 5.74) is 0.615. The van der Waals surface area contributed by atoms with E-state index >= 15 is 0 Å². The van der Waals surface area contributed by atoms with Gasteiger partial charge in [0.15, 0.2) is 5.13 Å². The summed E-state index contributed by atoms with van der Waals surface area (Å²) in [5, 5.41) is 14.5. The van der Waals surface area contributed by atoms with Crippen LogP contribution < -0.4 is 5.32 Å². The van der Waals surface area contributed by atoms with Crippen LogP contribution in [0.3, 0.4) is 0 Å². The second-order valence-electron chi connectivity index (χ2n) is 4.46. The number of aliphatic carboxylic acids is 1. The molecule has 6 heteroatoms. The Morgan fingerprint density at radius 2 is 2.56 bits per heavy atom. The molecule has 0 saturated carbocycles. The molecule has 18 heavy (non-hydrogen) atoms. The van der Waals surface area contributed by atoms with Crippen molar-refractivity contribution in [1.82, 2.24) is 4.98 Å². The molecule has 1 aromatic heterocycles. The molecular weight excluding hydrogens is 252 g/mol. The molecule has 1 fully saturated rings. The first-order valence-corrected chi connectivity index (χ1v) is 7.08. The lowest BCUT2D eigenvalue weighted by Crippen LogP contribution is -2.22. The molecule has 100 valence electrons. The van der Waals surface area contributed by atoms with Gasteiger partial charge >= 0.3 is 5.97 Å². The number of thiazole rings is 1. The summed E-state index contributed by atoms with van der Waals surface area (Å²) in [7, 11) is 0. The molecule has 2 atom stereocenters. The zero-order chi connectivity index (χ0) is 13.0. The number of ether oxygens (including phenoxy) is 1. The Morgan fingerprint density at radius 1 is 1.72 bits per heavy atom. The summed E-state index contributed by atoms with van der Waals surface area (Å²) in [6.45, 7) is 3.82. The molecule has 0 aromatic carbocycles. The van der Waals surface area contributed by atoms with Crippen molar-refractivity contribution in [2.75, 3.05) is 18.5 Å². The summed E-state index contributed by atoms with van der Waals surface area (Å²) in [4.78, 5) is 14.8. The Balaban J connectivity index is 1.82. The number of carboxylic acids is 1. The van der Waals surface area contributed by atoms with Gasteiger partial charge in [0.1, 0.15) is 0 Å². The molecule has 2 rings (SSSR count). The third kappa shape index (κ3) is 3.43. The van der Waals surface area contributed by atoms with Crippen LogP contribution >= 0.6 is 11.3 Å². The van der Waals surface area contributed by atoms with Gasteiger partial charge in [-0.05, 0) is 12.8 Å². The highest BCUT2D eigenvalue weighted by molar-refractivity contribution is 7.13. The van der Waals surface area contributed by atoms with Crippen LogP contribution in [0.4, 0.5) is 5.13 Å². The van der Waals surface area contributed by atoms with Gasteiger partial charge in [-0.1, -0.05) is 6.92 Å². The number of nitrogens with one attached hydrogen (secondary N) is 1. The first-order valence-electron chi connectivity index (χ1n) is 6.20. The minimum atomic E-state index is -0.845. The lowest BCUT2D eigenvalue weighted by molar-refractivity contribution is -0.136. The smallest absolute Gasteiger partial charge is 0.309 e. The van der Waals surface area contributed by atoms with E-state index in [4.69, 9.17) is 9.84 Å². The van der Waals surface area contributed by atoms with Crippen LogP contribution in [0.2, 0.25) is 0 Å². The van der Waals surface area contributed by atoms with Crippen molar-refractivity contribution in [2.24, 2.45) is 5.92 Å². The maximum absolute atomic E-state index is 10.6. The number of aromatic nitrogens is 1. The molecule has 0 aliphatic carbocycles. The van der Waals surface area contributed by atoms with Crippen LogP contribution in [-0.2, 0) is 16.0 Å². The van der Waals surface area contributed by atoms with Crippen LogP contribution in [0.15, 0.2) is 5.38 Å². The van der Waals surface area contributed by atoms with Gasteiger partial charge in [0, 0.05) is 24.4 Å². The first kappa shape index (κ1) is 13.3. The van der Waals surface area contributed by atoms with Crippen LogP contribution in [-0.4, -0.2) is 35.3 Å². The Labute approximate surface area is 110 Å². The Morgan fingerprint density at radius 3 is 3.28 bits per heavy atom. The van der Waals surface area contributed by atoms with Gasteiger partial charge in [-0.2, -0.15) is 0 Å². The van der Waals surface area contributed by atoms with Gasteiger partial charge in [0.2, 0.25) is 0 Å². The predicted molar refractivity (Wildman–Crippen MR) is 70.1 cm³/mol. The summed E-state index contributed by atoms with van der Waals surface area (Å²) >= 11 is 1.46. The quantitative estimate of drug-likeness (QED) is 0.827. The zero-order valence-electron chi connectivity index (χ0n) is 10.4. The number of carbonyl (C=O) groups is 1. The van der Waals surface area contributed by atoms with E-state index in [9.17, 15) is 4.79 Å². The summed E-state index contributed by atoms with van der Waals surface area (Å²) in [5.74, 6) is -0.316. The van der Waals surface area contributed by atoms with Crippen molar-refractivity contribution in [3.8, 4) is 0 Å². The van der Waals surface area contributed by atoms with Crippen LogP contribution in [0.1, 0.15) is 25.5 Å². The molecule has 1 aliphatic heterocycles. The van der Waals surface area contributed by atoms with Crippen molar-refractivity contribution in [3.05, 3.63) is 11.1 Å². The van der Waals surface area contributed by atoms with Gasteiger partial charge < -0.3 is 15.2 Å². The van der Waals surface area contributed by atoms with E-state index in [2.05, 4.69) is 17.2 Å². The van der Waals surface area contributed by atoms with Crippen LogP contribution in [0.5, 0.6) is 0 Å². The standard InChI is InChI=1S/C12H18N2O3S/c1-2-10-8(3-4-17-10)6-13-12-14-9(7-18-12)5-11(15)16/h7-8,10H,2-6H2,1H3,(H,13,14)(H,15,16). The first-order chi connectivity index (χ1) is 8.69. The molecular formula is C12H18N2O3S. The van der Waals surface area contributed by atoms with Crippen molar-refractivity contribution in [2.45, 2.75) is 32.3 Å².